The van der Waals surface area contributed by atoms with E-state index in [0.29, 0.717) is 76.1 Å². The van der Waals surface area contributed by atoms with Gasteiger partial charge in [-0.15, -0.1) is 0 Å². The molecule has 1 saturated heterocycles. The standard InChI is InChI=1S/C37H36Cl3N5O4/c1-48-31-17-21(6-7-22(31)18-42-20-24-8-11-32(47)44-24)35-34(40)26(12-13-43-35)25-4-3-5-27(33(25)39)30-10-9-28-36(45-30)29(38)16-23(37(28)49-2)19-41-14-15-46/h3-7,9-10,12-13,16-17,24,41-42,46H,8,11,14-15,18-20H2,1-2H3,(H,44,47)/t24-/m0/s1. The molecule has 2 aromatic heterocycles. The second-order valence-electron chi connectivity index (χ2n) is 11.7. The Labute approximate surface area is 299 Å². The minimum absolute atomic E-state index is 0.0327. The monoisotopic (exact) mass is 719 g/mol. The van der Waals surface area contributed by atoms with Crippen LogP contribution < -0.4 is 25.4 Å². The molecule has 5 aromatic rings. The van der Waals surface area contributed by atoms with Gasteiger partial charge < -0.3 is 30.5 Å². The lowest BCUT2D eigenvalue weighted by atomic mass is 9.99. The SMILES string of the molecule is COc1cc(-c2nccc(-c3cccc(-c4ccc5c(OC)c(CNCCO)cc(Cl)c5n4)c3Cl)c2Cl)ccc1CNC[C@@H]1CCC(=O)N1. The molecule has 0 bridgehead atoms. The molecular formula is C37H36Cl3N5O4. The van der Waals surface area contributed by atoms with Crippen molar-refractivity contribution in [2.24, 2.45) is 0 Å². The van der Waals surface area contributed by atoms with Gasteiger partial charge in [-0.1, -0.05) is 65.1 Å². The molecule has 0 radical (unpaired) electrons. The topological polar surface area (TPSA) is 118 Å². The van der Waals surface area contributed by atoms with Crippen molar-refractivity contribution < 1.29 is 19.4 Å². The summed E-state index contributed by atoms with van der Waals surface area (Å²) in [6, 6.07) is 19.3. The fraction of sp³-hybridized carbons (Fsp3) is 0.270. The smallest absolute Gasteiger partial charge is 0.220 e. The van der Waals surface area contributed by atoms with Gasteiger partial charge in [0.2, 0.25) is 5.91 Å². The van der Waals surface area contributed by atoms with Crippen molar-refractivity contribution in [2.45, 2.75) is 32.0 Å². The maximum Gasteiger partial charge on any atom is 0.220 e. The molecule has 0 saturated carbocycles. The molecule has 6 rings (SSSR count). The Balaban J connectivity index is 1.29. The number of nitrogens with zero attached hydrogens (tertiary/aromatic N) is 2. The van der Waals surface area contributed by atoms with Crippen molar-refractivity contribution in [1.29, 1.82) is 0 Å². The second-order valence-corrected chi connectivity index (χ2v) is 12.9. The van der Waals surface area contributed by atoms with Gasteiger partial charge in [0.25, 0.3) is 0 Å². The van der Waals surface area contributed by atoms with Gasteiger partial charge in [0, 0.05) is 83.6 Å². The lowest BCUT2D eigenvalue weighted by molar-refractivity contribution is -0.119. The number of aromatic nitrogens is 2. The molecule has 9 nitrogen and oxygen atoms in total. The number of fused-ring (bicyclic) bond motifs is 1. The Hall–Kier alpha value is -3.96. The van der Waals surface area contributed by atoms with Crippen LogP contribution in [0.5, 0.6) is 11.5 Å². The van der Waals surface area contributed by atoms with E-state index in [-0.39, 0.29) is 18.6 Å². The summed E-state index contributed by atoms with van der Waals surface area (Å²) in [5.74, 6) is 1.47. The van der Waals surface area contributed by atoms with Crippen LogP contribution in [0.25, 0.3) is 44.5 Å². The maximum absolute atomic E-state index is 11.5. The van der Waals surface area contributed by atoms with Crippen LogP contribution in [-0.2, 0) is 17.9 Å². The lowest BCUT2D eigenvalue weighted by Gasteiger charge is -2.16. The third-order valence-corrected chi connectivity index (χ3v) is 9.65. The summed E-state index contributed by atoms with van der Waals surface area (Å²) >= 11 is 20.9. The number of nitrogens with one attached hydrogen (secondary N) is 3. The number of carbonyl (C=O) groups is 1. The molecule has 3 aromatic carbocycles. The zero-order chi connectivity index (χ0) is 34.5. The summed E-state index contributed by atoms with van der Waals surface area (Å²) in [7, 11) is 3.25. The van der Waals surface area contributed by atoms with Crippen LogP contribution in [0.1, 0.15) is 24.0 Å². The largest absolute Gasteiger partial charge is 0.496 e. The fourth-order valence-corrected chi connectivity index (χ4v) is 7.07. The molecule has 49 heavy (non-hydrogen) atoms. The Kier molecular flexibility index (Phi) is 11.2. The van der Waals surface area contributed by atoms with E-state index in [1.165, 1.54) is 0 Å². The Bertz CT molecular complexity index is 2010. The first-order valence-corrected chi connectivity index (χ1v) is 17.0. The van der Waals surface area contributed by atoms with Gasteiger partial charge in [-0.2, -0.15) is 0 Å². The third-order valence-electron chi connectivity index (χ3n) is 8.57. The van der Waals surface area contributed by atoms with Crippen LogP contribution in [0.15, 0.2) is 66.9 Å². The molecule has 1 amide bonds. The zero-order valence-electron chi connectivity index (χ0n) is 27.1. The summed E-state index contributed by atoms with van der Waals surface area (Å²) < 4.78 is 11.5. The highest BCUT2D eigenvalue weighted by Crippen LogP contribution is 2.43. The number of ether oxygens (including phenoxy) is 2. The van der Waals surface area contributed by atoms with Gasteiger partial charge in [0.05, 0.1) is 52.8 Å². The normalized spacial score (nSPS) is 14.3. The minimum atomic E-state index is 0.0327. The molecular weight excluding hydrogens is 685 g/mol. The molecule has 0 spiro atoms. The van der Waals surface area contributed by atoms with Crippen LogP contribution >= 0.6 is 34.8 Å². The van der Waals surface area contributed by atoms with E-state index in [2.05, 4.69) is 20.9 Å². The second kappa shape index (κ2) is 15.7. The predicted molar refractivity (Wildman–Crippen MR) is 196 cm³/mol. The number of pyridine rings is 2. The molecule has 4 N–H and O–H groups in total. The maximum atomic E-state index is 11.5. The molecule has 1 fully saturated rings. The predicted octanol–water partition coefficient (Wildman–Crippen LogP) is 7.06. The minimum Gasteiger partial charge on any atom is -0.496 e. The summed E-state index contributed by atoms with van der Waals surface area (Å²) in [6.07, 6.45) is 3.12. The lowest BCUT2D eigenvalue weighted by Crippen LogP contribution is -2.35. The number of benzene rings is 3. The van der Waals surface area contributed by atoms with Crippen molar-refractivity contribution in [3.8, 4) is 45.1 Å². The molecule has 1 atom stereocenters. The average Bonchev–Trinajstić information content (AvgIpc) is 3.53. The number of amides is 1. The summed E-state index contributed by atoms with van der Waals surface area (Å²) in [5.41, 5.74) is 6.65. The first-order valence-electron chi connectivity index (χ1n) is 15.9. The Morgan fingerprint density at radius 3 is 2.47 bits per heavy atom. The highest BCUT2D eigenvalue weighted by Gasteiger charge is 2.21. The zero-order valence-corrected chi connectivity index (χ0v) is 29.3. The van der Waals surface area contributed by atoms with Crippen molar-refractivity contribution in [1.82, 2.24) is 25.9 Å². The highest BCUT2D eigenvalue weighted by molar-refractivity contribution is 6.39. The number of methoxy groups -OCH3 is 2. The first-order chi connectivity index (χ1) is 23.8. The Morgan fingerprint density at radius 1 is 0.918 bits per heavy atom. The number of hydrogen-bond donors (Lipinski definition) is 4. The molecule has 1 aliphatic heterocycles. The quantitative estimate of drug-likeness (QED) is 0.0956. The third kappa shape index (κ3) is 7.48. The number of rotatable bonds is 13. The molecule has 0 aliphatic carbocycles. The van der Waals surface area contributed by atoms with Crippen LogP contribution in [0, 0.1) is 0 Å². The van der Waals surface area contributed by atoms with Crippen molar-refractivity contribution in [2.75, 3.05) is 33.9 Å². The Morgan fingerprint density at radius 2 is 1.71 bits per heavy atom. The van der Waals surface area contributed by atoms with Crippen molar-refractivity contribution in [3.63, 3.8) is 0 Å². The van der Waals surface area contributed by atoms with Crippen molar-refractivity contribution >= 4 is 51.6 Å². The molecule has 254 valence electrons. The van der Waals surface area contributed by atoms with Gasteiger partial charge in [0.15, 0.2) is 0 Å². The van der Waals surface area contributed by atoms with Crippen LogP contribution in [0.4, 0.5) is 0 Å². The average molecular weight is 721 g/mol. The van der Waals surface area contributed by atoms with Crippen LogP contribution in [-0.4, -0.2) is 60.9 Å². The van der Waals surface area contributed by atoms with E-state index < -0.39 is 0 Å². The summed E-state index contributed by atoms with van der Waals surface area (Å²) in [4.78, 5) is 21.0. The summed E-state index contributed by atoms with van der Waals surface area (Å²) in [6.45, 7) is 2.25. The van der Waals surface area contributed by atoms with Crippen LogP contribution in [0.2, 0.25) is 15.1 Å². The van der Waals surface area contributed by atoms with E-state index in [0.717, 1.165) is 45.2 Å². The fourth-order valence-electron chi connectivity index (χ4n) is 6.15. The molecule has 12 heteroatoms. The van der Waals surface area contributed by atoms with Crippen molar-refractivity contribution in [3.05, 3.63) is 93.1 Å². The summed E-state index contributed by atoms with van der Waals surface area (Å²) in [5, 5.41) is 20.9. The van der Waals surface area contributed by atoms with Gasteiger partial charge in [0.1, 0.15) is 11.5 Å². The van der Waals surface area contributed by atoms with Crippen LogP contribution in [0.3, 0.4) is 0 Å². The molecule has 0 unspecified atom stereocenters. The van der Waals surface area contributed by atoms with E-state index >= 15 is 0 Å². The van der Waals surface area contributed by atoms with E-state index in [9.17, 15) is 4.79 Å². The molecule has 1 aliphatic rings. The number of aliphatic hydroxyl groups excluding tert-OH is 1. The van der Waals surface area contributed by atoms with Gasteiger partial charge in [-0.25, -0.2) is 4.98 Å². The number of hydrogen-bond acceptors (Lipinski definition) is 8. The number of aliphatic hydroxyl groups is 1. The van der Waals surface area contributed by atoms with Gasteiger partial charge in [-0.3, -0.25) is 9.78 Å². The van der Waals surface area contributed by atoms with E-state index in [1.807, 2.05) is 60.7 Å². The number of halogens is 3. The molecule has 3 heterocycles. The van der Waals surface area contributed by atoms with E-state index in [4.69, 9.17) is 54.4 Å². The first kappa shape index (κ1) is 34.9. The number of carbonyl (C=O) groups excluding carboxylic acids is 1. The van der Waals surface area contributed by atoms with Gasteiger partial charge >= 0.3 is 0 Å². The highest BCUT2D eigenvalue weighted by atomic mass is 35.5. The van der Waals surface area contributed by atoms with E-state index in [1.54, 1.807) is 20.4 Å². The van der Waals surface area contributed by atoms with Gasteiger partial charge in [-0.05, 0) is 36.8 Å².